The van der Waals surface area contributed by atoms with Crippen molar-refractivity contribution in [1.82, 2.24) is 5.32 Å². The zero-order valence-corrected chi connectivity index (χ0v) is 10.1. The van der Waals surface area contributed by atoms with Crippen molar-refractivity contribution in [3.05, 3.63) is 29.3 Å². The van der Waals surface area contributed by atoms with Gasteiger partial charge in [0, 0.05) is 6.42 Å². The number of benzene rings is 1. The summed E-state index contributed by atoms with van der Waals surface area (Å²) in [5, 5.41) is 11.7. The van der Waals surface area contributed by atoms with E-state index < -0.39 is 0 Å². The molecule has 16 heavy (non-hydrogen) atoms. The van der Waals surface area contributed by atoms with Gasteiger partial charge in [-0.3, -0.25) is 0 Å². The fourth-order valence-electron chi connectivity index (χ4n) is 1.42. The predicted molar refractivity (Wildman–Crippen MR) is 64.5 cm³/mol. The largest absolute Gasteiger partial charge is 0.493 e. The Morgan fingerprint density at radius 3 is 2.81 bits per heavy atom. The molecule has 0 aliphatic heterocycles. The first-order valence-corrected chi connectivity index (χ1v) is 5.44. The third-order valence-corrected chi connectivity index (χ3v) is 2.51. The molecule has 0 radical (unpaired) electrons. The van der Waals surface area contributed by atoms with Crippen molar-refractivity contribution in [2.45, 2.75) is 26.3 Å². The fourth-order valence-corrected chi connectivity index (χ4v) is 1.42. The van der Waals surface area contributed by atoms with Gasteiger partial charge in [-0.05, 0) is 38.1 Å². The Labute approximate surface area is 97.0 Å². The zero-order chi connectivity index (χ0) is 12.0. The summed E-state index contributed by atoms with van der Waals surface area (Å²) in [5.41, 5.74) is 2.31. The molecule has 0 spiro atoms. The molecule has 86 valence electrons. The van der Waals surface area contributed by atoms with Crippen molar-refractivity contribution in [3.8, 4) is 11.8 Å². The summed E-state index contributed by atoms with van der Waals surface area (Å²) in [7, 11) is 1.78. The molecule has 0 aromatic heterocycles. The van der Waals surface area contributed by atoms with Crippen molar-refractivity contribution in [1.29, 1.82) is 5.26 Å². The van der Waals surface area contributed by atoms with E-state index in [9.17, 15) is 0 Å². The highest BCUT2D eigenvalue weighted by atomic mass is 16.5. The van der Waals surface area contributed by atoms with Gasteiger partial charge in [-0.15, -0.1) is 0 Å². The normalized spacial score (nSPS) is 11.9. The van der Waals surface area contributed by atoms with Crippen LogP contribution in [0.25, 0.3) is 0 Å². The molecule has 1 unspecified atom stereocenters. The van der Waals surface area contributed by atoms with Gasteiger partial charge in [0.1, 0.15) is 5.75 Å². The average Bonchev–Trinajstić information content (AvgIpc) is 2.29. The van der Waals surface area contributed by atoms with Crippen molar-refractivity contribution in [2.24, 2.45) is 0 Å². The van der Waals surface area contributed by atoms with Crippen LogP contribution < -0.4 is 10.1 Å². The van der Waals surface area contributed by atoms with Crippen LogP contribution in [0.15, 0.2) is 18.2 Å². The summed E-state index contributed by atoms with van der Waals surface area (Å²) in [4.78, 5) is 0. The van der Waals surface area contributed by atoms with E-state index in [1.807, 2.05) is 26.0 Å². The van der Waals surface area contributed by atoms with E-state index >= 15 is 0 Å². The smallest absolute Gasteiger partial charge is 0.122 e. The van der Waals surface area contributed by atoms with Gasteiger partial charge in [-0.25, -0.2) is 0 Å². The molecule has 0 bridgehead atoms. The van der Waals surface area contributed by atoms with Gasteiger partial charge in [0.2, 0.25) is 0 Å². The SMILES string of the molecule is CNC(C#N)CCOc1cc(C)ccc1C. The third kappa shape index (κ3) is 3.56. The number of hydrogen-bond acceptors (Lipinski definition) is 3. The summed E-state index contributed by atoms with van der Waals surface area (Å²) < 4.78 is 5.66. The van der Waals surface area contributed by atoms with E-state index in [-0.39, 0.29) is 6.04 Å². The van der Waals surface area contributed by atoms with Crippen molar-refractivity contribution < 1.29 is 4.74 Å². The van der Waals surface area contributed by atoms with Crippen LogP contribution in [0.3, 0.4) is 0 Å². The van der Waals surface area contributed by atoms with Gasteiger partial charge in [-0.2, -0.15) is 5.26 Å². The molecular weight excluding hydrogens is 200 g/mol. The number of nitrogens with one attached hydrogen (secondary N) is 1. The Morgan fingerprint density at radius 1 is 1.44 bits per heavy atom. The quantitative estimate of drug-likeness (QED) is 0.824. The number of nitriles is 1. The van der Waals surface area contributed by atoms with Crippen LogP contribution >= 0.6 is 0 Å². The summed E-state index contributed by atoms with van der Waals surface area (Å²) in [6.07, 6.45) is 0.695. The average molecular weight is 218 g/mol. The highest BCUT2D eigenvalue weighted by molar-refractivity contribution is 5.35. The van der Waals surface area contributed by atoms with Gasteiger partial charge < -0.3 is 10.1 Å². The monoisotopic (exact) mass is 218 g/mol. The summed E-state index contributed by atoms with van der Waals surface area (Å²) in [5.74, 6) is 0.910. The topological polar surface area (TPSA) is 45.0 Å². The Balaban J connectivity index is 2.49. The molecule has 1 N–H and O–H groups in total. The minimum Gasteiger partial charge on any atom is -0.493 e. The zero-order valence-electron chi connectivity index (χ0n) is 10.1. The summed E-state index contributed by atoms with van der Waals surface area (Å²) in [6, 6.07) is 8.17. The Morgan fingerprint density at radius 2 is 2.19 bits per heavy atom. The maximum absolute atomic E-state index is 8.75. The standard InChI is InChI=1S/C13H18N2O/c1-10-4-5-11(2)13(8-10)16-7-6-12(9-14)15-3/h4-5,8,12,15H,6-7H2,1-3H3. The van der Waals surface area contributed by atoms with Crippen LogP contribution in [0.5, 0.6) is 5.75 Å². The van der Waals surface area contributed by atoms with Crippen LogP contribution in [0, 0.1) is 25.2 Å². The van der Waals surface area contributed by atoms with Gasteiger partial charge in [0.05, 0.1) is 18.7 Å². The van der Waals surface area contributed by atoms with Crippen molar-refractivity contribution >= 4 is 0 Å². The lowest BCUT2D eigenvalue weighted by molar-refractivity contribution is 0.298. The number of rotatable bonds is 5. The molecule has 3 heteroatoms. The molecule has 1 aromatic carbocycles. The lowest BCUT2D eigenvalue weighted by Gasteiger charge is -2.11. The molecule has 1 aromatic rings. The minimum absolute atomic E-state index is 0.134. The molecule has 0 heterocycles. The molecule has 0 aliphatic carbocycles. The van der Waals surface area contributed by atoms with E-state index in [0.29, 0.717) is 13.0 Å². The molecule has 0 saturated heterocycles. The molecule has 1 atom stereocenters. The molecular formula is C13H18N2O. The predicted octanol–water partition coefficient (Wildman–Crippen LogP) is 2.18. The first kappa shape index (κ1) is 12.5. The first-order chi connectivity index (χ1) is 7.67. The number of aryl methyl sites for hydroxylation is 2. The van der Waals surface area contributed by atoms with Gasteiger partial charge in [0.25, 0.3) is 0 Å². The van der Waals surface area contributed by atoms with Crippen molar-refractivity contribution in [2.75, 3.05) is 13.7 Å². The summed E-state index contributed by atoms with van der Waals surface area (Å²) in [6.45, 7) is 4.62. The number of ether oxygens (including phenoxy) is 1. The van der Waals surface area contributed by atoms with Gasteiger partial charge in [0.15, 0.2) is 0 Å². The van der Waals surface area contributed by atoms with E-state index in [1.165, 1.54) is 5.56 Å². The second kappa shape index (κ2) is 6.14. The van der Waals surface area contributed by atoms with E-state index in [2.05, 4.69) is 17.5 Å². The Hall–Kier alpha value is -1.53. The second-order valence-electron chi connectivity index (χ2n) is 3.88. The lowest BCUT2D eigenvalue weighted by atomic mass is 10.1. The number of nitrogens with zero attached hydrogens (tertiary/aromatic N) is 1. The first-order valence-electron chi connectivity index (χ1n) is 5.44. The van der Waals surface area contributed by atoms with Crippen LogP contribution in [-0.4, -0.2) is 19.7 Å². The lowest BCUT2D eigenvalue weighted by Crippen LogP contribution is -2.25. The van der Waals surface area contributed by atoms with Gasteiger partial charge in [-0.1, -0.05) is 12.1 Å². The molecule has 0 amide bonds. The van der Waals surface area contributed by atoms with Crippen LogP contribution in [0.2, 0.25) is 0 Å². The highest BCUT2D eigenvalue weighted by Gasteiger charge is 2.05. The summed E-state index contributed by atoms with van der Waals surface area (Å²) >= 11 is 0. The molecule has 3 nitrogen and oxygen atoms in total. The molecule has 0 saturated carbocycles. The van der Waals surface area contributed by atoms with Crippen molar-refractivity contribution in [3.63, 3.8) is 0 Å². The van der Waals surface area contributed by atoms with Crippen LogP contribution in [-0.2, 0) is 0 Å². The Kier molecular flexibility index (Phi) is 4.81. The second-order valence-corrected chi connectivity index (χ2v) is 3.88. The maximum atomic E-state index is 8.75. The van der Waals surface area contributed by atoms with Crippen LogP contribution in [0.4, 0.5) is 0 Å². The van der Waals surface area contributed by atoms with E-state index in [0.717, 1.165) is 11.3 Å². The molecule has 1 rings (SSSR count). The molecule has 0 aliphatic rings. The fraction of sp³-hybridized carbons (Fsp3) is 0.462. The highest BCUT2D eigenvalue weighted by Crippen LogP contribution is 2.19. The number of hydrogen-bond donors (Lipinski definition) is 1. The van der Waals surface area contributed by atoms with E-state index in [4.69, 9.17) is 10.00 Å². The maximum Gasteiger partial charge on any atom is 0.122 e. The third-order valence-electron chi connectivity index (χ3n) is 2.51. The van der Waals surface area contributed by atoms with Crippen LogP contribution in [0.1, 0.15) is 17.5 Å². The molecule has 0 fully saturated rings. The van der Waals surface area contributed by atoms with E-state index in [1.54, 1.807) is 7.05 Å². The van der Waals surface area contributed by atoms with Gasteiger partial charge >= 0.3 is 0 Å². The Bertz CT molecular complexity index is 382. The minimum atomic E-state index is -0.134.